The quantitative estimate of drug-likeness (QED) is 0.524. The predicted octanol–water partition coefficient (Wildman–Crippen LogP) is -0.670. The van der Waals surface area contributed by atoms with Gasteiger partial charge in [0.15, 0.2) is 0 Å². The lowest BCUT2D eigenvalue weighted by Gasteiger charge is -1.93. The third-order valence-electron chi connectivity index (χ3n) is 1.86. The van der Waals surface area contributed by atoms with Crippen LogP contribution in [0.25, 0.3) is 11.0 Å². The highest BCUT2D eigenvalue weighted by molar-refractivity contribution is 5.70. The minimum Gasteiger partial charge on any atom is -0.348 e. The van der Waals surface area contributed by atoms with Gasteiger partial charge in [0, 0.05) is 0 Å². The van der Waals surface area contributed by atoms with E-state index in [1.807, 2.05) is 13.2 Å². The maximum atomic E-state index is 11.4. The van der Waals surface area contributed by atoms with E-state index < -0.39 is 0 Å². The molecule has 0 bridgehead atoms. The third-order valence-corrected chi connectivity index (χ3v) is 1.86. The number of fused-ring (bicyclic) bond motifs is 1. The minimum absolute atomic E-state index is 0.138. The van der Waals surface area contributed by atoms with E-state index in [1.165, 1.54) is 0 Å². The fourth-order valence-corrected chi connectivity index (χ4v) is 1.25. The second-order valence-electron chi connectivity index (χ2n) is 2.81. The summed E-state index contributed by atoms with van der Waals surface area (Å²) in [6, 6.07) is 3.50. The molecule has 0 aliphatic rings. The molecule has 13 heavy (non-hydrogen) atoms. The number of nitrogens with zero attached hydrogens (tertiary/aromatic N) is 2. The Bertz CT molecular complexity index is 517. The lowest BCUT2D eigenvalue weighted by Crippen LogP contribution is -2.31. The third kappa shape index (κ3) is 1.14. The van der Waals surface area contributed by atoms with Crippen LogP contribution in [0.5, 0.6) is 0 Å². The fourth-order valence-electron chi connectivity index (χ4n) is 1.25. The number of nitrogens with one attached hydrogen (secondary N) is 1. The lowest BCUT2D eigenvalue weighted by molar-refractivity contribution is -0.646. The molecule has 0 saturated carbocycles. The molecule has 0 fully saturated rings. The number of hydrogen-bond acceptors (Lipinski definition) is 3. The highest BCUT2D eigenvalue weighted by Crippen LogP contribution is 1.99. The normalized spacial score (nSPS) is 10.5. The van der Waals surface area contributed by atoms with Crippen LogP contribution in [-0.2, 0) is 7.05 Å². The van der Waals surface area contributed by atoms with Gasteiger partial charge >= 0.3 is 11.6 Å². The zero-order valence-corrected chi connectivity index (χ0v) is 7.11. The smallest absolute Gasteiger partial charge is 0.340 e. The first-order valence-corrected chi connectivity index (χ1v) is 3.82. The molecule has 5 heteroatoms. The number of nitrogens with two attached hydrogens (primary N) is 1. The second kappa shape index (κ2) is 2.55. The molecule has 5 nitrogen and oxygen atoms in total. The Kier molecular flexibility index (Phi) is 1.51. The van der Waals surface area contributed by atoms with E-state index in [0.29, 0.717) is 11.0 Å². The Morgan fingerprint density at radius 3 is 3.15 bits per heavy atom. The summed E-state index contributed by atoms with van der Waals surface area (Å²) in [4.78, 5) is 17.8. The molecule has 2 aromatic rings. The Morgan fingerprint density at radius 1 is 1.62 bits per heavy atom. The molecule has 0 atom stereocenters. The van der Waals surface area contributed by atoms with Gasteiger partial charge in [-0.3, -0.25) is 9.78 Å². The van der Waals surface area contributed by atoms with Gasteiger partial charge < -0.3 is 5.73 Å². The molecule has 0 saturated heterocycles. The molecule has 0 aliphatic heterocycles. The number of pyridine rings is 1. The molecule has 0 spiro atoms. The van der Waals surface area contributed by atoms with Crippen molar-refractivity contribution in [3.8, 4) is 0 Å². The number of nitrogen functional groups attached to an aromatic ring is 1. The van der Waals surface area contributed by atoms with Crippen LogP contribution >= 0.6 is 0 Å². The SMILES string of the molecule is C[n+]1cccc2c(=O)[nH]c(N)nc21. The van der Waals surface area contributed by atoms with Gasteiger partial charge in [-0.05, 0) is 17.1 Å². The molecule has 2 aromatic heterocycles. The van der Waals surface area contributed by atoms with Gasteiger partial charge in [-0.2, -0.15) is 0 Å². The average Bonchev–Trinajstić information content (AvgIpc) is 2.07. The standard InChI is InChI=1S/C8H8N4O/c1-12-4-2-3-5-6(12)10-8(9)11-7(5)13/h2-4H,1H3,(H2,9,11,13)/p+1. The predicted molar refractivity (Wildman–Crippen MR) is 48.0 cm³/mol. The zero-order valence-electron chi connectivity index (χ0n) is 7.11. The summed E-state index contributed by atoms with van der Waals surface area (Å²) in [6.07, 6.45) is 1.81. The van der Waals surface area contributed by atoms with Gasteiger partial charge in [-0.1, -0.05) is 0 Å². The Balaban J connectivity index is 3.03. The number of rotatable bonds is 0. The molecule has 66 valence electrons. The van der Waals surface area contributed by atoms with Crippen molar-refractivity contribution in [3.05, 3.63) is 28.7 Å². The number of anilines is 1. The summed E-state index contributed by atoms with van der Waals surface area (Å²) in [6.45, 7) is 0. The van der Waals surface area contributed by atoms with Crippen molar-refractivity contribution in [1.82, 2.24) is 9.97 Å². The molecule has 2 heterocycles. The van der Waals surface area contributed by atoms with Crippen molar-refractivity contribution in [2.75, 3.05) is 5.73 Å². The Morgan fingerprint density at radius 2 is 2.38 bits per heavy atom. The van der Waals surface area contributed by atoms with E-state index in [9.17, 15) is 4.79 Å². The molecule has 0 unspecified atom stereocenters. The van der Waals surface area contributed by atoms with Crippen LogP contribution in [-0.4, -0.2) is 9.97 Å². The number of aromatic amines is 1. The highest BCUT2D eigenvalue weighted by Gasteiger charge is 2.11. The second-order valence-corrected chi connectivity index (χ2v) is 2.81. The lowest BCUT2D eigenvalue weighted by atomic mass is 10.3. The van der Waals surface area contributed by atoms with Crippen LogP contribution in [0, 0.1) is 0 Å². The van der Waals surface area contributed by atoms with E-state index >= 15 is 0 Å². The van der Waals surface area contributed by atoms with Crippen LogP contribution < -0.4 is 15.9 Å². The average molecular weight is 177 g/mol. The summed E-state index contributed by atoms with van der Waals surface area (Å²) in [5.41, 5.74) is 5.79. The van der Waals surface area contributed by atoms with E-state index in [1.54, 1.807) is 16.7 Å². The van der Waals surface area contributed by atoms with Crippen molar-refractivity contribution in [3.63, 3.8) is 0 Å². The Labute approximate surface area is 73.8 Å². The maximum absolute atomic E-state index is 11.4. The number of aryl methyl sites for hydroxylation is 1. The first kappa shape index (κ1) is 7.72. The summed E-state index contributed by atoms with van der Waals surface area (Å²) in [7, 11) is 1.81. The molecule has 2 rings (SSSR count). The van der Waals surface area contributed by atoms with Crippen molar-refractivity contribution < 1.29 is 4.57 Å². The van der Waals surface area contributed by atoms with Gasteiger partial charge in [0.25, 0.3) is 5.56 Å². The van der Waals surface area contributed by atoms with E-state index in [2.05, 4.69) is 9.97 Å². The van der Waals surface area contributed by atoms with Crippen LogP contribution in [0.2, 0.25) is 0 Å². The maximum Gasteiger partial charge on any atom is 0.340 e. The van der Waals surface area contributed by atoms with Crippen molar-refractivity contribution >= 4 is 17.0 Å². The van der Waals surface area contributed by atoms with E-state index in [0.717, 1.165) is 0 Å². The monoisotopic (exact) mass is 177 g/mol. The summed E-state index contributed by atoms with van der Waals surface area (Å²) in [5.74, 6) is 0.138. The number of hydrogen-bond donors (Lipinski definition) is 2. The first-order valence-electron chi connectivity index (χ1n) is 3.82. The van der Waals surface area contributed by atoms with Gasteiger partial charge in [-0.25, -0.2) is 4.57 Å². The van der Waals surface area contributed by atoms with Gasteiger partial charge in [0.1, 0.15) is 5.39 Å². The van der Waals surface area contributed by atoms with E-state index in [4.69, 9.17) is 5.73 Å². The van der Waals surface area contributed by atoms with Crippen LogP contribution in [0.1, 0.15) is 0 Å². The summed E-state index contributed by atoms with van der Waals surface area (Å²) in [5, 5.41) is 0.541. The summed E-state index contributed by atoms with van der Waals surface area (Å²) >= 11 is 0. The molecular weight excluding hydrogens is 168 g/mol. The minimum atomic E-state index is -0.210. The molecular formula is C8H9N4O+. The molecule has 0 amide bonds. The largest absolute Gasteiger partial charge is 0.348 e. The Hall–Kier alpha value is -1.91. The first-order chi connectivity index (χ1) is 6.18. The van der Waals surface area contributed by atoms with Crippen molar-refractivity contribution in [2.45, 2.75) is 0 Å². The highest BCUT2D eigenvalue weighted by atomic mass is 16.1. The topological polar surface area (TPSA) is 75.6 Å². The van der Waals surface area contributed by atoms with E-state index in [-0.39, 0.29) is 11.5 Å². The van der Waals surface area contributed by atoms with Crippen LogP contribution in [0.3, 0.4) is 0 Å². The number of H-pyrrole nitrogens is 1. The molecule has 0 aromatic carbocycles. The summed E-state index contributed by atoms with van der Waals surface area (Å²) < 4.78 is 1.75. The van der Waals surface area contributed by atoms with Crippen molar-refractivity contribution in [1.29, 1.82) is 0 Å². The van der Waals surface area contributed by atoms with Gasteiger partial charge in [0.05, 0.1) is 13.2 Å². The van der Waals surface area contributed by atoms with Crippen LogP contribution in [0.15, 0.2) is 23.1 Å². The van der Waals surface area contributed by atoms with Crippen LogP contribution in [0.4, 0.5) is 5.95 Å². The molecule has 0 aliphatic carbocycles. The van der Waals surface area contributed by atoms with Gasteiger partial charge in [-0.15, -0.1) is 0 Å². The van der Waals surface area contributed by atoms with Gasteiger partial charge in [0.2, 0.25) is 0 Å². The molecule has 3 N–H and O–H groups in total. The molecule has 0 radical (unpaired) electrons. The number of aromatic nitrogens is 3. The zero-order chi connectivity index (χ0) is 9.42. The fraction of sp³-hybridized carbons (Fsp3) is 0.125. The van der Waals surface area contributed by atoms with Crippen molar-refractivity contribution in [2.24, 2.45) is 7.05 Å².